The second kappa shape index (κ2) is 6.70. The van der Waals surface area contributed by atoms with Crippen LogP contribution in [0.1, 0.15) is 31.9 Å². The summed E-state index contributed by atoms with van der Waals surface area (Å²) in [5.74, 6) is -0.951. The summed E-state index contributed by atoms with van der Waals surface area (Å²) in [7, 11) is 0. The van der Waals surface area contributed by atoms with Crippen molar-refractivity contribution < 1.29 is 23.4 Å². The fraction of sp³-hybridized carbons (Fsp3) is 0.438. The van der Waals surface area contributed by atoms with Gasteiger partial charge in [0.2, 0.25) is 0 Å². The Kier molecular flexibility index (Phi) is 5.47. The highest BCUT2D eigenvalue weighted by molar-refractivity contribution is 5.95. The van der Waals surface area contributed by atoms with E-state index >= 15 is 0 Å². The first kappa shape index (κ1) is 17.1. The standard InChI is InChI=1S/C14H14F2O3.C2H6/c1-8-3-4-11-9(5-8)6-10(13(17)18)12(19-11)14(2,16)7-15;1-2/h3-6,12H,7H2,1-2H3,(H,17,18);1-2H3. The van der Waals surface area contributed by atoms with E-state index in [0.717, 1.165) is 12.5 Å². The molecular weight excluding hydrogens is 278 g/mol. The van der Waals surface area contributed by atoms with Gasteiger partial charge < -0.3 is 9.84 Å². The van der Waals surface area contributed by atoms with Crippen molar-refractivity contribution in [3.63, 3.8) is 0 Å². The molecule has 0 spiro atoms. The highest BCUT2D eigenvalue weighted by Crippen LogP contribution is 2.36. The van der Waals surface area contributed by atoms with E-state index in [2.05, 4.69) is 0 Å². The van der Waals surface area contributed by atoms with E-state index in [0.29, 0.717) is 11.3 Å². The molecule has 2 unspecified atom stereocenters. The van der Waals surface area contributed by atoms with Crippen molar-refractivity contribution in [3.05, 3.63) is 34.9 Å². The average Bonchev–Trinajstić information content (AvgIpc) is 2.47. The number of aliphatic carboxylic acids is 1. The normalized spacial score (nSPS) is 19.1. The minimum absolute atomic E-state index is 0.277. The lowest BCUT2D eigenvalue weighted by atomic mass is 9.91. The maximum absolute atomic E-state index is 14.1. The van der Waals surface area contributed by atoms with Gasteiger partial charge in [0.25, 0.3) is 0 Å². The molecule has 116 valence electrons. The number of ether oxygens (including phenoxy) is 1. The SMILES string of the molecule is CC.Cc1ccc2c(c1)C=C(C(=O)O)C(C(C)(F)CF)O2. The van der Waals surface area contributed by atoms with Crippen molar-refractivity contribution in [2.75, 3.05) is 6.67 Å². The topological polar surface area (TPSA) is 46.5 Å². The Morgan fingerprint density at radius 3 is 2.57 bits per heavy atom. The third-order valence-electron chi connectivity index (χ3n) is 3.06. The van der Waals surface area contributed by atoms with Gasteiger partial charge in [0, 0.05) is 5.56 Å². The first-order chi connectivity index (χ1) is 9.85. The van der Waals surface area contributed by atoms with Gasteiger partial charge in [0.15, 0.2) is 11.8 Å². The number of alkyl halides is 2. The molecule has 5 heteroatoms. The molecule has 0 saturated heterocycles. The van der Waals surface area contributed by atoms with Gasteiger partial charge in [-0.15, -0.1) is 0 Å². The molecule has 2 rings (SSSR count). The van der Waals surface area contributed by atoms with Crippen LogP contribution in [0.4, 0.5) is 8.78 Å². The molecule has 1 heterocycles. The number of carboxylic acid groups (broad SMARTS) is 1. The maximum Gasteiger partial charge on any atom is 0.335 e. The summed E-state index contributed by atoms with van der Waals surface area (Å²) in [5, 5.41) is 9.12. The molecule has 0 radical (unpaired) electrons. The van der Waals surface area contributed by atoms with E-state index in [-0.39, 0.29) is 5.57 Å². The summed E-state index contributed by atoms with van der Waals surface area (Å²) >= 11 is 0. The van der Waals surface area contributed by atoms with Crippen molar-refractivity contribution in [3.8, 4) is 5.75 Å². The van der Waals surface area contributed by atoms with Gasteiger partial charge in [-0.1, -0.05) is 25.5 Å². The molecule has 0 saturated carbocycles. The number of aryl methyl sites for hydroxylation is 1. The molecule has 1 aromatic carbocycles. The summed E-state index contributed by atoms with van der Waals surface area (Å²) in [6.45, 7) is 5.53. The highest BCUT2D eigenvalue weighted by Gasteiger charge is 2.43. The Balaban J connectivity index is 0.00000106. The third-order valence-corrected chi connectivity index (χ3v) is 3.06. The smallest absolute Gasteiger partial charge is 0.335 e. The number of halogens is 2. The van der Waals surface area contributed by atoms with Crippen LogP contribution in [0.3, 0.4) is 0 Å². The summed E-state index contributed by atoms with van der Waals surface area (Å²) in [4.78, 5) is 11.2. The van der Waals surface area contributed by atoms with E-state index in [1.165, 1.54) is 6.08 Å². The van der Waals surface area contributed by atoms with Crippen molar-refractivity contribution in [2.45, 2.75) is 39.5 Å². The Morgan fingerprint density at radius 2 is 2.05 bits per heavy atom. The summed E-state index contributed by atoms with van der Waals surface area (Å²) in [5.41, 5.74) is -1.17. The molecule has 0 aromatic heterocycles. The summed E-state index contributed by atoms with van der Waals surface area (Å²) < 4.78 is 32.2. The quantitative estimate of drug-likeness (QED) is 0.919. The van der Waals surface area contributed by atoms with Crippen LogP contribution >= 0.6 is 0 Å². The minimum atomic E-state index is -2.38. The largest absolute Gasteiger partial charge is 0.481 e. The van der Waals surface area contributed by atoms with E-state index in [1.54, 1.807) is 18.2 Å². The van der Waals surface area contributed by atoms with Gasteiger partial charge in [-0.25, -0.2) is 13.6 Å². The molecule has 1 aliphatic heterocycles. The molecule has 0 fully saturated rings. The van der Waals surface area contributed by atoms with Gasteiger partial charge in [-0.05, 0) is 32.1 Å². The molecule has 21 heavy (non-hydrogen) atoms. The fourth-order valence-electron chi connectivity index (χ4n) is 2.01. The Bertz CT molecular complexity index is 550. The number of carbonyl (C=O) groups is 1. The number of fused-ring (bicyclic) bond motifs is 1. The second-order valence-corrected chi connectivity index (χ2v) is 4.86. The van der Waals surface area contributed by atoms with Crippen LogP contribution in [0, 0.1) is 6.92 Å². The number of carboxylic acids is 1. The second-order valence-electron chi connectivity index (χ2n) is 4.86. The molecule has 0 aliphatic carbocycles. The number of hydrogen-bond donors (Lipinski definition) is 1. The van der Waals surface area contributed by atoms with Crippen LogP contribution in [0.2, 0.25) is 0 Å². The van der Waals surface area contributed by atoms with Crippen molar-refractivity contribution in [1.82, 2.24) is 0 Å². The van der Waals surface area contributed by atoms with Gasteiger partial charge in [-0.3, -0.25) is 0 Å². The van der Waals surface area contributed by atoms with Crippen LogP contribution in [0.25, 0.3) is 6.08 Å². The lowest BCUT2D eigenvalue weighted by Crippen LogP contribution is -2.45. The molecule has 3 nitrogen and oxygen atoms in total. The van der Waals surface area contributed by atoms with Gasteiger partial charge >= 0.3 is 5.97 Å². The Morgan fingerprint density at radius 1 is 1.43 bits per heavy atom. The molecular formula is C16H20F2O3. The van der Waals surface area contributed by atoms with Gasteiger partial charge in [0.05, 0.1) is 5.57 Å². The lowest BCUT2D eigenvalue weighted by molar-refractivity contribution is -0.134. The number of benzene rings is 1. The maximum atomic E-state index is 14.1. The van der Waals surface area contributed by atoms with E-state index in [4.69, 9.17) is 9.84 Å². The highest BCUT2D eigenvalue weighted by atomic mass is 19.2. The predicted octanol–water partition coefficient (Wildman–Crippen LogP) is 3.95. The molecule has 2 atom stereocenters. The zero-order chi connectivity index (χ0) is 16.2. The van der Waals surface area contributed by atoms with Gasteiger partial charge in [-0.2, -0.15) is 0 Å². The van der Waals surface area contributed by atoms with E-state index < -0.39 is 24.4 Å². The molecule has 1 N–H and O–H groups in total. The van der Waals surface area contributed by atoms with Crippen LogP contribution in [0.15, 0.2) is 23.8 Å². The van der Waals surface area contributed by atoms with E-state index in [1.807, 2.05) is 20.8 Å². The average molecular weight is 298 g/mol. The lowest BCUT2D eigenvalue weighted by Gasteiger charge is -2.32. The predicted molar refractivity (Wildman–Crippen MR) is 78.0 cm³/mol. The van der Waals surface area contributed by atoms with Crippen molar-refractivity contribution in [2.24, 2.45) is 0 Å². The van der Waals surface area contributed by atoms with Crippen molar-refractivity contribution in [1.29, 1.82) is 0 Å². The van der Waals surface area contributed by atoms with Crippen LogP contribution in [-0.4, -0.2) is 29.5 Å². The Hall–Kier alpha value is -1.91. The summed E-state index contributed by atoms with van der Waals surface area (Å²) in [6.07, 6.45) is -0.114. The fourth-order valence-corrected chi connectivity index (χ4v) is 2.01. The zero-order valence-corrected chi connectivity index (χ0v) is 12.6. The minimum Gasteiger partial charge on any atom is -0.481 e. The van der Waals surface area contributed by atoms with Crippen LogP contribution < -0.4 is 4.74 Å². The first-order valence-corrected chi connectivity index (χ1v) is 6.82. The first-order valence-electron chi connectivity index (χ1n) is 6.82. The molecule has 1 aromatic rings. The zero-order valence-electron chi connectivity index (χ0n) is 12.6. The monoisotopic (exact) mass is 298 g/mol. The Labute approximate surface area is 123 Å². The van der Waals surface area contributed by atoms with E-state index in [9.17, 15) is 13.6 Å². The van der Waals surface area contributed by atoms with Gasteiger partial charge in [0.1, 0.15) is 12.4 Å². The molecule has 1 aliphatic rings. The third kappa shape index (κ3) is 3.60. The van der Waals surface area contributed by atoms with Crippen LogP contribution in [0.5, 0.6) is 5.75 Å². The summed E-state index contributed by atoms with van der Waals surface area (Å²) in [6, 6.07) is 5.13. The molecule has 0 bridgehead atoms. The number of rotatable bonds is 3. The van der Waals surface area contributed by atoms with Crippen LogP contribution in [-0.2, 0) is 4.79 Å². The molecule has 0 amide bonds. The van der Waals surface area contributed by atoms with Crippen molar-refractivity contribution >= 4 is 12.0 Å². The number of hydrogen-bond acceptors (Lipinski definition) is 2.